The number of amides is 4. The number of benzene rings is 2. The SMILES string of the molecule is C=Cc1cccc(C(C(=O)Nc2ccccc2C)N(CCCCCC)C(=O)C(CC(N)=O)NC(=O)OC(C)(C)C)c1. The lowest BCUT2D eigenvalue weighted by molar-refractivity contribution is -0.142. The first-order chi connectivity index (χ1) is 19.4. The number of carbonyl (C=O) groups excluding carboxylic acids is 4. The van der Waals surface area contributed by atoms with E-state index in [2.05, 4.69) is 24.1 Å². The third-order valence-electron chi connectivity index (χ3n) is 6.36. The van der Waals surface area contributed by atoms with Gasteiger partial charge in [0, 0.05) is 12.2 Å². The minimum absolute atomic E-state index is 0.217. The van der Waals surface area contributed by atoms with Crippen molar-refractivity contribution in [3.63, 3.8) is 0 Å². The van der Waals surface area contributed by atoms with Crippen molar-refractivity contribution in [2.75, 3.05) is 11.9 Å². The number of carbonyl (C=O) groups is 4. The number of nitrogens with one attached hydrogen (secondary N) is 2. The molecule has 2 aromatic carbocycles. The smallest absolute Gasteiger partial charge is 0.408 e. The van der Waals surface area contributed by atoms with E-state index in [9.17, 15) is 19.2 Å². The zero-order valence-corrected chi connectivity index (χ0v) is 24.9. The lowest BCUT2D eigenvalue weighted by atomic mass is 9.99. The Morgan fingerprint density at radius 2 is 1.76 bits per heavy atom. The number of primary amides is 1. The first kappa shape index (κ1) is 33.1. The van der Waals surface area contributed by atoms with Crippen molar-refractivity contribution in [2.45, 2.75) is 84.4 Å². The minimum Gasteiger partial charge on any atom is -0.444 e. The maximum absolute atomic E-state index is 14.2. The van der Waals surface area contributed by atoms with Crippen molar-refractivity contribution in [3.05, 3.63) is 71.8 Å². The molecule has 2 rings (SSSR count). The molecule has 0 aliphatic rings. The molecule has 222 valence electrons. The van der Waals surface area contributed by atoms with Gasteiger partial charge in [-0.25, -0.2) is 4.79 Å². The van der Waals surface area contributed by atoms with Crippen LogP contribution in [0.5, 0.6) is 0 Å². The van der Waals surface area contributed by atoms with Crippen LogP contribution in [-0.2, 0) is 19.1 Å². The quantitative estimate of drug-likeness (QED) is 0.261. The van der Waals surface area contributed by atoms with Gasteiger partial charge >= 0.3 is 6.09 Å². The summed E-state index contributed by atoms with van der Waals surface area (Å²) < 4.78 is 5.34. The maximum atomic E-state index is 14.2. The number of anilines is 1. The molecule has 4 N–H and O–H groups in total. The Hall–Kier alpha value is -4.14. The number of aryl methyl sites for hydroxylation is 1. The van der Waals surface area contributed by atoms with E-state index in [0.717, 1.165) is 30.4 Å². The van der Waals surface area contributed by atoms with Crippen molar-refractivity contribution < 1.29 is 23.9 Å². The first-order valence-electron chi connectivity index (χ1n) is 14.0. The largest absolute Gasteiger partial charge is 0.444 e. The van der Waals surface area contributed by atoms with Gasteiger partial charge in [0.15, 0.2) is 0 Å². The molecule has 0 aromatic heterocycles. The zero-order valence-electron chi connectivity index (χ0n) is 24.9. The van der Waals surface area contributed by atoms with Gasteiger partial charge in [-0.05, 0) is 62.9 Å². The average Bonchev–Trinajstić information content (AvgIpc) is 2.89. The number of alkyl carbamates (subject to hydrolysis) is 1. The maximum Gasteiger partial charge on any atom is 0.408 e. The lowest BCUT2D eigenvalue weighted by Crippen LogP contribution is -2.53. The van der Waals surface area contributed by atoms with Crippen LogP contribution in [0.25, 0.3) is 6.08 Å². The Bertz CT molecular complexity index is 1220. The highest BCUT2D eigenvalue weighted by Crippen LogP contribution is 2.27. The zero-order chi connectivity index (χ0) is 30.6. The van der Waals surface area contributed by atoms with Crippen molar-refractivity contribution in [1.82, 2.24) is 10.2 Å². The molecular formula is C32H44N4O5. The Morgan fingerprint density at radius 1 is 1.05 bits per heavy atom. The van der Waals surface area contributed by atoms with Gasteiger partial charge in [0.2, 0.25) is 11.8 Å². The lowest BCUT2D eigenvalue weighted by Gasteiger charge is -2.34. The Labute approximate surface area is 243 Å². The summed E-state index contributed by atoms with van der Waals surface area (Å²) >= 11 is 0. The van der Waals surface area contributed by atoms with E-state index in [1.165, 1.54) is 4.90 Å². The number of hydrogen-bond donors (Lipinski definition) is 3. The van der Waals surface area contributed by atoms with Gasteiger partial charge in [0.25, 0.3) is 5.91 Å². The molecule has 0 heterocycles. The van der Waals surface area contributed by atoms with Crippen LogP contribution in [0, 0.1) is 6.92 Å². The molecule has 0 bridgehead atoms. The summed E-state index contributed by atoms with van der Waals surface area (Å²) in [4.78, 5) is 54.3. The molecule has 0 spiro atoms. The highest BCUT2D eigenvalue weighted by atomic mass is 16.6. The average molecular weight is 565 g/mol. The van der Waals surface area contributed by atoms with Crippen LogP contribution in [0.2, 0.25) is 0 Å². The summed E-state index contributed by atoms with van der Waals surface area (Å²) in [5, 5.41) is 5.48. The Morgan fingerprint density at radius 3 is 2.37 bits per heavy atom. The molecular weight excluding hydrogens is 520 g/mol. The molecule has 41 heavy (non-hydrogen) atoms. The normalized spacial score (nSPS) is 12.5. The summed E-state index contributed by atoms with van der Waals surface area (Å²) in [6.45, 7) is 13.1. The molecule has 2 atom stereocenters. The summed E-state index contributed by atoms with van der Waals surface area (Å²) in [7, 11) is 0. The fourth-order valence-corrected chi connectivity index (χ4v) is 4.37. The van der Waals surface area contributed by atoms with Gasteiger partial charge in [-0.3, -0.25) is 14.4 Å². The molecule has 9 nitrogen and oxygen atoms in total. The summed E-state index contributed by atoms with van der Waals surface area (Å²) in [5.74, 6) is -1.82. The van der Waals surface area contributed by atoms with Gasteiger partial charge in [0.05, 0.1) is 6.42 Å². The Balaban J connectivity index is 2.59. The van der Waals surface area contributed by atoms with Gasteiger partial charge in [-0.1, -0.05) is 75.2 Å². The molecule has 0 radical (unpaired) electrons. The van der Waals surface area contributed by atoms with E-state index in [4.69, 9.17) is 10.5 Å². The summed E-state index contributed by atoms with van der Waals surface area (Å²) in [5.41, 5.74) is 7.47. The number of ether oxygens (including phenoxy) is 1. The van der Waals surface area contributed by atoms with Crippen LogP contribution in [-0.4, -0.2) is 46.9 Å². The van der Waals surface area contributed by atoms with Crippen LogP contribution >= 0.6 is 0 Å². The Kier molecular flexibility index (Phi) is 12.6. The van der Waals surface area contributed by atoms with E-state index in [0.29, 0.717) is 17.7 Å². The number of nitrogens with two attached hydrogens (primary N) is 1. The van der Waals surface area contributed by atoms with Crippen molar-refractivity contribution in [2.24, 2.45) is 5.73 Å². The molecule has 4 amide bonds. The second kappa shape index (κ2) is 15.6. The van der Waals surface area contributed by atoms with Gasteiger partial charge in [-0.15, -0.1) is 0 Å². The second-order valence-corrected chi connectivity index (χ2v) is 11.0. The fraction of sp³-hybridized carbons (Fsp3) is 0.438. The molecule has 2 aromatic rings. The van der Waals surface area contributed by atoms with Crippen LogP contribution in [0.1, 0.15) is 82.5 Å². The molecule has 0 saturated heterocycles. The summed E-state index contributed by atoms with van der Waals surface area (Å²) in [6.07, 6.45) is 3.73. The number of unbranched alkanes of at least 4 members (excludes halogenated alkanes) is 3. The fourth-order valence-electron chi connectivity index (χ4n) is 4.37. The van der Waals surface area contributed by atoms with Gasteiger partial charge in [0.1, 0.15) is 17.7 Å². The highest BCUT2D eigenvalue weighted by Gasteiger charge is 2.37. The summed E-state index contributed by atoms with van der Waals surface area (Å²) in [6, 6.07) is 12.2. The number of hydrogen-bond acceptors (Lipinski definition) is 5. The number of para-hydroxylation sites is 1. The van der Waals surface area contributed by atoms with Crippen LogP contribution < -0.4 is 16.4 Å². The van der Waals surface area contributed by atoms with E-state index in [1.807, 2.05) is 31.2 Å². The second-order valence-electron chi connectivity index (χ2n) is 11.0. The monoisotopic (exact) mass is 564 g/mol. The predicted octanol–water partition coefficient (Wildman–Crippen LogP) is 5.50. The van der Waals surface area contributed by atoms with Crippen LogP contribution in [0.15, 0.2) is 55.1 Å². The van der Waals surface area contributed by atoms with E-state index >= 15 is 0 Å². The molecule has 0 aliphatic heterocycles. The molecule has 0 saturated carbocycles. The number of nitrogens with zero attached hydrogens (tertiary/aromatic N) is 1. The topological polar surface area (TPSA) is 131 Å². The van der Waals surface area contributed by atoms with Crippen molar-refractivity contribution >= 4 is 35.6 Å². The molecule has 2 unspecified atom stereocenters. The van der Waals surface area contributed by atoms with Gasteiger partial charge < -0.3 is 26.0 Å². The van der Waals surface area contributed by atoms with E-state index in [1.54, 1.807) is 51.1 Å². The third-order valence-corrected chi connectivity index (χ3v) is 6.36. The van der Waals surface area contributed by atoms with Crippen LogP contribution in [0.4, 0.5) is 10.5 Å². The van der Waals surface area contributed by atoms with Crippen molar-refractivity contribution in [1.29, 1.82) is 0 Å². The first-order valence-corrected chi connectivity index (χ1v) is 14.0. The van der Waals surface area contributed by atoms with Crippen molar-refractivity contribution in [3.8, 4) is 0 Å². The predicted molar refractivity (Wildman–Crippen MR) is 162 cm³/mol. The third kappa shape index (κ3) is 10.7. The molecule has 9 heteroatoms. The van der Waals surface area contributed by atoms with Gasteiger partial charge in [-0.2, -0.15) is 0 Å². The number of rotatable bonds is 14. The highest BCUT2D eigenvalue weighted by molar-refractivity contribution is 6.00. The minimum atomic E-state index is -1.33. The molecule has 0 aliphatic carbocycles. The van der Waals surface area contributed by atoms with Crippen LogP contribution in [0.3, 0.4) is 0 Å². The van der Waals surface area contributed by atoms with E-state index < -0.39 is 47.9 Å². The molecule has 0 fully saturated rings. The van der Waals surface area contributed by atoms with E-state index in [-0.39, 0.29) is 6.54 Å². The standard InChI is InChI=1S/C32H44N4O5/c1-7-9-10-13-19-36(30(39)26(21-27(33)37)35-31(40)41-32(4,5)6)28(24-17-14-16-23(8-2)20-24)29(38)34-25-18-12-11-15-22(25)3/h8,11-12,14-18,20,26,28H,2,7,9-10,13,19,21H2,1,3-6H3,(H2,33,37)(H,34,38)(H,35,40).